The third kappa shape index (κ3) is 2.85. The first-order valence-corrected chi connectivity index (χ1v) is 8.37. The Morgan fingerprint density at radius 2 is 1.81 bits per heavy atom. The Morgan fingerprint density at radius 1 is 1.05 bits per heavy atom. The predicted octanol–water partition coefficient (Wildman–Crippen LogP) is 2.05. The zero-order chi connectivity index (χ0) is 14.9. The molecule has 0 aliphatic heterocycles. The van der Waals surface area contributed by atoms with Crippen molar-refractivity contribution in [1.82, 2.24) is 4.98 Å². The number of rotatable bonds is 3. The fourth-order valence-corrected chi connectivity index (χ4v) is 3.70. The number of nitrogens with one attached hydrogen (secondary N) is 2. The number of benzene rings is 1. The molecule has 5 nitrogen and oxygen atoms in total. The van der Waals surface area contributed by atoms with E-state index in [9.17, 15) is 13.2 Å². The average Bonchev–Trinajstić information content (AvgIpc) is 2.49. The van der Waals surface area contributed by atoms with Gasteiger partial charge in [0.1, 0.15) is 5.69 Å². The number of fused-ring (bicyclic) bond motifs is 1. The van der Waals surface area contributed by atoms with Crippen molar-refractivity contribution in [2.45, 2.75) is 30.6 Å². The zero-order valence-corrected chi connectivity index (χ0v) is 12.2. The van der Waals surface area contributed by atoms with E-state index in [0.29, 0.717) is 0 Å². The van der Waals surface area contributed by atoms with Crippen LogP contribution in [0.3, 0.4) is 0 Å². The highest BCUT2D eigenvalue weighted by Gasteiger charge is 2.18. The van der Waals surface area contributed by atoms with Crippen molar-refractivity contribution in [2.24, 2.45) is 0 Å². The second-order valence-corrected chi connectivity index (χ2v) is 6.84. The van der Waals surface area contributed by atoms with Gasteiger partial charge in [0.25, 0.3) is 15.6 Å². The minimum atomic E-state index is -3.74. The summed E-state index contributed by atoms with van der Waals surface area (Å²) in [6, 6.07) is 8.21. The Kier molecular flexibility index (Phi) is 3.55. The molecule has 1 aliphatic carbocycles. The summed E-state index contributed by atoms with van der Waals surface area (Å²) in [5, 5.41) is 0. The van der Waals surface area contributed by atoms with Crippen molar-refractivity contribution in [1.29, 1.82) is 0 Å². The Bertz CT molecular complexity index is 825. The minimum absolute atomic E-state index is 0.0234. The molecule has 0 saturated heterocycles. The Hall–Kier alpha value is -2.08. The zero-order valence-electron chi connectivity index (χ0n) is 11.4. The maximum absolute atomic E-state index is 12.4. The van der Waals surface area contributed by atoms with E-state index in [2.05, 4.69) is 9.71 Å². The molecule has 1 aromatic carbocycles. The summed E-state index contributed by atoms with van der Waals surface area (Å²) >= 11 is 0. The van der Waals surface area contributed by atoms with E-state index in [0.717, 1.165) is 31.2 Å². The third-order valence-electron chi connectivity index (χ3n) is 3.69. The van der Waals surface area contributed by atoms with E-state index in [1.807, 2.05) is 6.07 Å². The summed E-state index contributed by atoms with van der Waals surface area (Å²) in [5.74, 6) is 0. The maximum atomic E-state index is 12.4. The smallest absolute Gasteiger partial charge is 0.272 e. The molecule has 0 bridgehead atoms. The monoisotopic (exact) mass is 304 g/mol. The number of H-pyrrole nitrogens is 1. The van der Waals surface area contributed by atoms with Crippen molar-refractivity contribution >= 4 is 15.7 Å². The topological polar surface area (TPSA) is 79.0 Å². The summed E-state index contributed by atoms with van der Waals surface area (Å²) in [4.78, 5) is 14.2. The van der Waals surface area contributed by atoms with Gasteiger partial charge in [0.2, 0.25) is 0 Å². The largest absolute Gasteiger partial charge is 0.327 e. The lowest BCUT2D eigenvalue weighted by atomic mass is 9.92. The molecule has 0 amide bonds. The van der Waals surface area contributed by atoms with Crippen LogP contribution in [0.15, 0.2) is 46.2 Å². The van der Waals surface area contributed by atoms with Crippen molar-refractivity contribution in [3.8, 4) is 0 Å². The second-order valence-electron chi connectivity index (χ2n) is 5.16. The molecule has 0 spiro atoms. The van der Waals surface area contributed by atoms with Gasteiger partial charge in [0, 0.05) is 6.20 Å². The number of anilines is 1. The highest BCUT2D eigenvalue weighted by molar-refractivity contribution is 7.92. The van der Waals surface area contributed by atoms with Crippen molar-refractivity contribution in [3.05, 3.63) is 58.0 Å². The molecule has 0 fully saturated rings. The average molecular weight is 304 g/mol. The molecule has 2 N–H and O–H groups in total. The van der Waals surface area contributed by atoms with Crippen LogP contribution in [0.25, 0.3) is 0 Å². The van der Waals surface area contributed by atoms with Crippen molar-refractivity contribution in [2.75, 3.05) is 4.72 Å². The first-order chi connectivity index (χ1) is 10.1. The number of hydrogen-bond donors (Lipinski definition) is 2. The molecule has 0 unspecified atom stereocenters. The fraction of sp³-hybridized carbons (Fsp3) is 0.267. The predicted molar refractivity (Wildman–Crippen MR) is 81.0 cm³/mol. The van der Waals surface area contributed by atoms with Gasteiger partial charge in [-0.3, -0.25) is 9.52 Å². The summed E-state index contributed by atoms with van der Waals surface area (Å²) in [7, 11) is -3.74. The van der Waals surface area contributed by atoms with Gasteiger partial charge in [-0.2, -0.15) is 0 Å². The first kappa shape index (κ1) is 13.9. The fourth-order valence-electron chi connectivity index (χ4n) is 2.58. The van der Waals surface area contributed by atoms with Crippen LogP contribution in [-0.2, 0) is 22.9 Å². The van der Waals surface area contributed by atoms with Gasteiger partial charge in [-0.25, -0.2) is 8.42 Å². The third-order valence-corrected chi connectivity index (χ3v) is 5.06. The number of hydrogen-bond acceptors (Lipinski definition) is 3. The second kappa shape index (κ2) is 5.37. The number of aromatic amines is 1. The molecule has 3 rings (SSSR count). The normalized spacial score (nSPS) is 14.5. The molecule has 1 aliphatic rings. The van der Waals surface area contributed by atoms with Gasteiger partial charge in [-0.05, 0) is 61.1 Å². The van der Waals surface area contributed by atoms with E-state index in [4.69, 9.17) is 0 Å². The van der Waals surface area contributed by atoms with Crippen LogP contribution in [0.1, 0.15) is 24.0 Å². The molecule has 110 valence electrons. The highest BCUT2D eigenvalue weighted by atomic mass is 32.2. The van der Waals surface area contributed by atoms with E-state index in [1.165, 1.54) is 17.8 Å². The minimum Gasteiger partial charge on any atom is -0.327 e. The molecule has 6 heteroatoms. The summed E-state index contributed by atoms with van der Waals surface area (Å²) in [6.45, 7) is 0. The van der Waals surface area contributed by atoms with Crippen LogP contribution < -0.4 is 10.3 Å². The lowest BCUT2D eigenvalue weighted by Gasteiger charge is -2.16. The number of aryl methyl sites for hydroxylation is 2. The number of pyridine rings is 1. The van der Waals surface area contributed by atoms with Crippen molar-refractivity contribution < 1.29 is 8.42 Å². The summed E-state index contributed by atoms with van der Waals surface area (Å²) < 4.78 is 27.1. The number of aromatic nitrogens is 1. The van der Waals surface area contributed by atoms with E-state index >= 15 is 0 Å². The maximum Gasteiger partial charge on any atom is 0.272 e. The van der Waals surface area contributed by atoms with E-state index in [1.54, 1.807) is 18.2 Å². The Labute approximate surface area is 123 Å². The molecule has 0 saturated carbocycles. The van der Waals surface area contributed by atoms with Gasteiger partial charge in [0.15, 0.2) is 0 Å². The lowest BCUT2D eigenvalue weighted by Crippen LogP contribution is -2.20. The molecule has 21 heavy (non-hydrogen) atoms. The molecular weight excluding hydrogens is 288 g/mol. The molecule has 1 aromatic heterocycles. The van der Waals surface area contributed by atoms with Crippen LogP contribution >= 0.6 is 0 Å². The van der Waals surface area contributed by atoms with Gasteiger partial charge in [-0.1, -0.05) is 6.07 Å². The van der Waals surface area contributed by atoms with Crippen LogP contribution in [0.2, 0.25) is 0 Å². The molecule has 0 radical (unpaired) electrons. The van der Waals surface area contributed by atoms with Gasteiger partial charge in [0.05, 0.1) is 4.90 Å². The van der Waals surface area contributed by atoms with Gasteiger partial charge >= 0.3 is 0 Å². The van der Waals surface area contributed by atoms with Crippen LogP contribution in [0.4, 0.5) is 5.69 Å². The highest BCUT2D eigenvalue weighted by Crippen LogP contribution is 2.24. The van der Waals surface area contributed by atoms with Crippen LogP contribution in [0, 0.1) is 0 Å². The summed E-state index contributed by atoms with van der Waals surface area (Å²) in [6.07, 6.45) is 5.60. The quantitative estimate of drug-likeness (QED) is 0.911. The summed E-state index contributed by atoms with van der Waals surface area (Å²) in [5.41, 5.74) is 1.87. The number of sulfonamides is 1. The van der Waals surface area contributed by atoms with E-state index in [-0.39, 0.29) is 10.6 Å². The standard InChI is InChI=1S/C15H16N2O3S/c18-15-14(6-3-9-16-15)17-21(19,20)13-8-7-11-4-1-2-5-12(11)10-13/h3,6-10,17H,1-2,4-5H2,(H,16,18). The Balaban J connectivity index is 1.95. The molecule has 2 aromatic rings. The first-order valence-electron chi connectivity index (χ1n) is 6.88. The van der Waals surface area contributed by atoms with Crippen LogP contribution in [0.5, 0.6) is 0 Å². The SMILES string of the molecule is O=c1[nH]cccc1NS(=O)(=O)c1ccc2c(c1)CCCC2. The van der Waals surface area contributed by atoms with Gasteiger partial charge < -0.3 is 4.98 Å². The van der Waals surface area contributed by atoms with Crippen LogP contribution in [-0.4, -0.2) is 13.4 Å². The Morgan fingerprint density at radius 3 is 2.57 bits per heavy atom. The van der Waals surface area contributed by atoms with Crippen molar-refractivity contribution in [3.63, 3.8) is 0 Å². The van der Waals surface area contributed by atoms with E-state index < -0.39 is 15.6 Å². The molecule has 0 atom stereocenters. The molecular formula is C15H16N2O3S. The van der Waals surface area contributed by atoms with Gasteiger partial charge in [-0.15, -0.1) is 0 Å². The lowest BCUT2D eigenvalue weighted by molar-refractivity contribution is 0.600. The molecule has 1 heterocycles.